The van der Waals surface area contributed by atoms with Crippen molar-refractivity contribution in [2.75, 3.05) is 0 Å². The zero-order chi connectivity index (χ0) is 10.0. The Morgan fingerprint density at radius 2 is 1.92 bits per heavy atom. The van der Waals surface area contributed by atoms with Gasteiger partial charge in [-0.2, -0.15) is 0 Å². The van der Waals surface area contributed by atoms with Gasteiger partial charge in [-0.15, -0.1) is 6.58 Å². The fourth-order valence-electron chi connectivity index (χ4n) is 1.03. The highest BCUT2D eigenvalue weighted by molar-refractivity contribution is 6.43. The van der Waals surface area contributed by atoms with E-state index in [1.165, 1.54) is 0 Å². The Labute approximate surface area is 93.1 Å². The third-order valence-corrected chi connectivity index (χ3v) is 2.90. The van der Waals surface area contributed by atoms with Crippen LogP contribution in [0.3, 0.4) is 0 Å². The second-order valence-corrected chi connectivity index (χ2v) is 4.04. The van der Waals surface area contributed by atoms with Gasteiger partial charge in [0.2, 0.25) is 0 Å². The smallest absolute Gasteiger partial charge is 0.0631 e. The van der Waals surface area contributed by atoms with E-state index in [0.29, 0.717) is 15.1 Å². The molecule has 1 rings (SSSR count). The molecule has 0 bridgehead atoms. The van der Waals surface area contributed by atoms with Crippen LogP contribution in [-0.2, 0) is 0 Å². The van der Waals surface area contributed by atoms with Crippen molar-refractivity contribution in [1.29, 1.82) is 0 Å². The van der Waals surface area contributed by atoms with E-state index in [9.17, 15) is 0 Å². The van der Waals surface area contributed by atoms with Gasteiger partial charge in [0, 0.05) is 10.9 Å². The highest BCUT2D eigenvalue weighted by Gasteiger charge is 2.10. The fraction of sp³-hybridized carbons (Fsp3) is 0.200. The van der Waals surface area contributed by atoms with Gasteiger partial charge in [0.25, 0.3) is 0 Å². The summed E-state index contributed by atoms with van der Waals surface area (Å²) in [5.41, 5.74) is 0.911. The van der Waals surface area contributed by atoms with Gasteiger partial charge in [-0.05, 0) is 17.7 Å². The minimum Gasteiger partial charge on any atom is -0.102 e. The van der Waals surface area contributed by atoms with Crippen LogP contribution in [0.15, 0.2) is 24.8 Å². The summed E-state index contributed by atoms with van der Waals surface area (Å²) in [6.45, 7) is 5.68. The molecule has 0 N–H and O–H groups in total. The first-order valence-electron chi connectivity index (χ1n) is 3.83. The molecule has 0 radical (unpaired) electrons. The summed E-state index contributed by atoms with van der Waals surface area (Å²) in [4.78, 5) is 0. The Balaban J connectivity index is 3.27. The highest BCUT2D eigenvalue weighted by atomic mass is 35.5. The average molecular weight is 236 g/mol. The second kappa shape index (κ2) is 4.36. The first-order valence-corrected chi connectivity index (χ1v) is 4.96. The molecule has 1 aromatic rings. The monoisotopic (exact) mass is 234 g/mol. The number of hydrogen-bond acceptors (Lipinski definition) is 0. The van der Waals surface area contributed by atoms with Crippen molar-refractivity contribution in [2.24, 2.45) is 0 Å². The van der Waals surface area contributed by atoms with Crippen LogP contribution in [0.4, 0.5) is 0 Å². The van der Waals surface area contributed by atoms with Gasteiger partial charge in [0.05, 0.1) is 10.0 Å². The molecule has 13 heavy (non-hydrogen) atoms. The van der Waals surface area contributed by atoms with Gasteiger partial charge >= 0.3 is 0 Å². The van der Waals surface area contributed by atoms with Crippen LogP contribution in [-0.4, -0.2) is 0 Å². The Morgan fingerprint density at radius 1 is 1.31 bits per heavy atom. The molecule has 3 heteroatoms. The Morgan fingerprint density at radius 3 is 2.46 bits per heavy atom. The first-order chi connectivity index (χ1) is 6.06. The van der Waals surface area contributed by atoms with Crippen molar-refractivity contribution in [3.63, 3.8) is 0 Å². The summed E-state index contributed by atoms with van der Waals surface area (Å²) in [5.74, 6) is 0.156. The SMILES string of the molecule is C=CC(C)c1cc(Cl)cc(Cl)c1Cl. The van der Waals surface area contributed by atoms with E-state index >= 15 is 0 Å². The lowest BCUT2D eigenvalue weighted by atomic mass is 10.0. The van der Waals surface area contributed by atoms with E-state index in [1.807, 2.05) is 13.0 Å². The van der Waals surface area contributed by atoms with Crippen molar-refractivity contribution in [2.45, 2.75) is 12.8 Å². The van der Waals surface area contributed by atoms with Gasteiger partial charge in [-0.3, -0.25) is 0 Å². The molecule has 0 heterocycles. The molecular weight excluding hydrogens is 226 g/mol. The minimum absolute atomic E-state index is 0.156. The zero-order valence-electron chi connectivity index (χ0n) is 7.15. The molecule has 1 unspecified atom stereocenters. The number of benzene rings is 1. The molecule has 0 aromatic heterocycles. The summed E-state index contributed by atoms with van der Waals surface area (Å²) in [6.07, 6.45) is 1.80. The van der Waals surface area contributed by atoms with Gasteiger partial charge in [-0.25, -0.2) is 0 Å². The topological polar surface area (TPSA) is 0 Å². The molecule has 70 valence electrons. The summed E-state index contributed by atoms with van der Waals surface area (Å²) < 4.78 is 0. The van der Waals surface area contributed by atoms with Gasteiger partial charge in [0.1, 0.15) is 0 Å². The van der Waals surface area contributed by atoms with Crippen LogP contribution in [0.1, 0.15) is 18.4 Å². The lowest BCUT2D eigenvalue weighted by Crippen LogP contribution is -1.90. The van der Waals surface area contributed by atoms with Crippen LogP contribution in [0, 0.1) is 0 Å². The molecule has 0 fully saturated rings. The van der Waals surface area contributed by atoms with Crippen LogP contribution >= 0.6 is 34.8 Å². The molecular formula is C10H9Cl3. The number of hydrogen-bond donors (Lipinski definition) is 0. The lowest BCUT2D eigenvalue weighted by Gasteiger charge is -2.10. The molecule has 0 aliphatic carbocycles. The largest absolute Gasteiger partial charge is 0.102 e. The van der Waals surface area contributed by atoms with Gasteiger partial charge in [-0.1, -0.05) is 47.8 Å². The third kappa shape index (κ3) is 2.40. The zero-order valence-corrected chi connectivity index (χ0v) is 9.42. The maximum absolute atomic E-state index is 6.00. The second-order valence-electron chi connectivity index (χ2n) is 2.82. The quantitative estimate of drug-likeness (QED) is 0.503. The molecule has 0 saturated heterocycles. The molecule has 0 nitrogen and oxygen atoms in total. The fourth-order valence-corrected chi connectivity index (χ4v) is 1.82. The van der Waals surface area contributed by atoms with Crippen molar-refractivity contribution in [3.8, 4) is 0 Å². The molecule has 0 saturated carbocycles. The predicted molar refractivity (Wildman–Crippen MR) is 60.1 cm³/mol. The Kier molecular flexibility index (Phi) is 3.66. The predicted octanol–water partition coefficient (Wildman–Crippen LogP) is 4.94. The van der Waals surface area contributed by atoms with Gasteiger partial charge < -0.3 is 0 Å². The normalized spacial score (nSPS) is 12.6. The summed E-state index contributed by atoms with van der Waals surface area (Å²) in [5, 5.41) is 1.63. The Bertz CT molecular complexity index is 331. The van der Waals surface area contributed by atoms with E-state index < -0.39 is 0 Å². The average Bonchev–Trinajstić information content (AvgIpc) is 2.10. The van der Waals surface area contributed by atoms with Crippen LogP contribution in [0.5, 0.6) is 0 Å². The van der Waals surface area contributed by atoms with Crippen LogP contribution < -0.4 is 0 Å². The Hall–Kier alpha value is -0.170. The van der Waals surface area contributed by atoms with Crippen molar-refractivity contribution in [3.05, 3.63) is 45.4 Å². The third-order valence-electron chi connectivity index (χ3n) is 1.87. The van der Waals surface area contributed by atoms with Crippen molar-refractivity contribution < 1.29 is 0 Å². The van der Waals surface area contributed by atoms with E-state index in [2.05, 4.69) is 6.58 Å². The van der Waals surface area contributed by atoms with E-state index in [4.69, 9.17) is 34.8 Å². The van der Waals surface area contributed by atoms with Crippen molar-refractivity contribution >= 4 is 34.8 Å². The summed E-state index contributed by atoms with van der Waals surface area (Å²) in [6, 6.07) is 3.44. The number of halogens is 3. The van der Waals surface area contributed by atoms with Crippen molar-refractivity contribution in [1.82, 2.24) is 0 Å². The number of allylic oxidation sites excluding steroid dienone is 1. The molecule has 1 aromatic carbocycles. The van der Waals surface area contributed by atoms with E-state index in [1.54, 1.807) is 12.1 Å². The minimum atomic E-state index is 0.156. The maximum atomic E-state index is 6.00. The molecule has 1 atom stereocenters. The molecule has 0 spiro atoms. The molecule has 0 aliphatic rings. The van der Waals surface area contributed by atoms with E-state index in [0.717, 1.165) is 5.56 Å². The summed E-state index contributed by atoms with van der Waals surface area (Å²) in [7, 11) is 0. The lowest BCUT2D eigenvalue weighted by molar-refractivity contribution is 0.972. The summed E-state index contributed by atoms with van der Waals surface area (Å²) >= 11 is 17.7. The van der Waals surface area contributed by atoms with Crippen LogP contribution in [0.2, 0.25) is 15.1 Å². The molecule has 0 aliphatic heterocycles. The van der Waals surface area contributed by atoms with E-state index in [-0.39, 0.29) is 5.92 Å². The molecule has 0 amide bonds. The standard InChI is InChI=1S/C10H9Cl3/c1-3-6(2)8-4-7(11)5-9(12)10(8)13/h3-6H,1H2,2H3. The van der Waals surface area contributed by atoms with Gasteiger partial charge in [0.15, 0.2) is 0 Å². The maximum Gasteiger partial charge on any atom is 0.0631 e. The highest BCUT2D eigenvalue weighted by Crippen LogP contribution is 2.34. The number of rotatable bonds is 2. The first kappa shape index (κ1) is 10.9. The van der Waals surface area contributed by atoms with Crippen LogP contribution in [0.25, 0.3) is 0 Å².